The molecule has 1 aliphatic rings. The number of nitro groups is 1. The Kier molecular flexibility index (Phi) is 5.67. The predicted molar refractivity (Wildman–Crippen MR) is 111 cm³/mol. The van der Waals surface area contributed by atoms with Gasteiger partial charge in [-0.25, -0.2) is 4.98 Å². The van der Waals surface area contributed by atoms with Crippen molar-refractivity contribution in [1.82, 2.24) is 19.8 Å². The number of hydrogen-bond donors (Lipinski definition) is 1. The lowest BCUT2D eigenvalue weighted by Crippen LogP contribution is -2.45. The molecule has 4 rings (SSSR count). The molecule has 7 nitrogen and oxygen atoms in total. The Morgan fingerprint density at radius 2 is 1.81 bits per heavy atom. The van der Waals surface area contributed by atoms with E-state index in [2.05, 4.69) is 26.7 Å². The molecule has 1 aliphatic heterocycles. The second-order valence-corrected chi connectivity index (χ2v) is 7.67. The van der Waals surface area contributed by atoms with Crippen molar-refractivity contribution in [2.45, 2.75) is 19.6 Å². The molecule has 31 heavy (non-hydrogen) atoms. The third-order valence-electron chi connectivity index (χ3n) is 5.59. The van der Waals surface area contributed by atoms with Gasteiger partial charge in [-0.1, -0.05) is 6.92 Å². The number of non-ortho nitro benzene ring substituents is 1. The highest BCUT2D eigenvalue weighted by Crippen LogP contribution is 2.34. The molecule has 1 N–H and O–H groups in total. The first kappa shape index (κ1) is 21.3. The average Bonchev–Trinajstić information content (AvgIpc) is 3.17. The number of alkyl halides is 3. The lowest BCUT2D eigenvalue weighted by atomic mass is 10.0. The van der Waals surface area contributed by atoms with E-state index in [-0.39, 0.29) is 11.5 Å². The highest BCUT2D eigenvalue weighted by Gasteiger charge is 2.32. The summed E-state index contributed by atoms with van der Waals surface area (Å²) in [6.07, 6.45) is -4.49. The Balaban J connectivity index is 1.68. The molecule has 2 aromatic carbocycles. The first-order chi connectivity index (χ1) is 14.7. The van der Waals surface area contributed by atoms with Crippen molar-refractivity contribution in [2.75, 3.05) is 32.7 Å². The number of fused-ring (bicyclic) bond motifs is 1. The van der Waals surface area contributed by atoms with E-state index in [1.807, 2.05) is 0 Å². The number of likely N-dealkylation sites (N-methyl/N-ethyl adjacent to an activating group) is 1. The quantitative estimate of drug-likeness (QED) is 0.480. The number of rotatable bonds is 5. The van der Waals surface area contributed by atoms with E-state index in [0.717, 1.165) is 38.8 Å². The number of hydrogen-bond acceptors (Lipinski definition) is 5. The van der Waals surface area contributed by atoms with Gasteiger partial charge < -0.3 is 9.88 Å². The zero-order valence-corrected chi connectivity index (χ0v) is 16.9. The summed E-state index contributed by atoms with van der Waals surface area (Å²) in [5.41, 5.74) is 0.853. The van der Waals surface area contributed by atoms with Crippen LogP contribution in [0, 0.1) is 10.1 Å². The second-order valence-electron chi connectivity index (χ2n) is 7.67. The summed E-state index contributed by atoms with van der Waals surface area (Å²) >= 11 is 0. The third-order valence-corrected chi connectivity index (χ3v) is 5.59. The summed E-state index contributed by atoms with van der Waals surface area (Å²) < 4.78 is 40.7. The van der Waals surface area contributed by atoms with Crippen molar-refractivity contribution in [2.24, 2.45) is 0 Å². The van der Waals surface area contributed by atoms with Gasteiger partial charge in [0.05, 0.1) is 21.5 Å². The Bertz CT molecular complexity index is 1100. The summed E-state index contributed by atoms with van der Waals surface area (Å²) in [4.78, 5) is 22.2. The lowest BCUT2D eigenvalue weighted by molar-refractivity contribution is -0.384. The van der Waals surface area contributed by atoms with Gasteiger partial charge in [-0.15, -0.1) is 0 Å². The minimum atomic E-state index is -4.49. The Labute approximate surface area is 176 Å². The van der Waals surface area contributed by atoms with E-state index in [0.29, 0.717) is 28.7 Å². The molecule has 3 aromatic rings. The smallest absolute Gasteiger partial charge is 0.338 e. The van der Waals surface area contributed by atoms with Crippen LogP contribution in [0.15, 0.2) is 36.4 Å². The van der Waals surface area contributed by atoms with Crippen LogP contribution < -0.4 is 0 Å². The van der Waals surface area contributed by atoms with Crippen LogP contribution in [0.3, 0.4) is 0 Å². The molecule has 1 fully saturated rings. The molecule has 2 heterocycles. The van der Waals surface area contributed by atoms with Crippen molar-refractivity contribution >= 4 is 16.7 Å². The van der Waals surface area contributed by atoms with Gasteiger partial charge in [-0.2, -0.15) is 13.2 Å². The molecule has 164 valence electrons. The zero-order valence-electron chi connectivity index (χ0n) is 16.9. The SMILES string of the molecule is CCN1CCN(Cc2cc(-c3nc4cc([N+](=O)[O-])ccc4[nH]3)cc(C(F)(F)F)c2)CC1. The van der Waals surface area contributed by atoms with Crippen LogP contribution in [0.4, 0.5) is 18.9 Å². The fourth-order valence-electron chi connectivity index (χ4n) is 3.85. The molecule has 0 aliphatic carbocycles. The van der Waals surface area contributed by atoms with Gasteiger partial charge in [-0.3, -0.25) is 15.0 Å². The number of nitro benzene ring substituents is 1. The van der Waals surface area contributed by atoms with Crippen LogP contribution in [0.2, 0.25) is 0 Å². The van der Waals surface area contributed by atoms with Crippen molar-refractivity contribution in [3.63, 3.8) is 0 Å². The lowest BCUT2D eigenvalue weighted by Gasteiger charge is -2.34. The first-order valence-electron chi connectivity index (χ1n) is 10.0. The van der Waals surface area contributed by atoms with Gasteiger partial charge in [0.2, 0.25) is 0 Å². The number of benzene rings is 2. The number of aromatic nitrogens is 2. The van der Waals surface area contributed by atoms with Gasteiger partial charge in [-0.05, 0) is 36.4 Å². The van der Waals surface area contributed by atoms with E-state index < -0.39 is 16.7 Å². The van der Waals surface area contributed by atoms with E-state index in [9.17, 15) is 23.3 Å². The maximum absolute atomic E-state index is 13.6. The van der Waals surface area contributed by atoms with Crippen LogP contribution in [0.25, 0.3) is 22.4 Å². The molecule has 0 spiro atoms. The van der Waals surface area contributed by atoms with Crippen molar-refractivity contribution in [3.05, 3.63) is 57.6 Å². The topological polar surface area (TPSA) is 78.3 Å². The fraction of sp³-hybridized carbons (Fsp3) is 0.381. The summed E-state index contributed by atoms with van der Waals surface area (Å²) in [6, 6.07) is 8.09. The molecular weight excluding hydrogens is 411 g/mol. The predicted octanol–water partition coefficient (Wildman–Crippen LogP) is 4.29. The van der Waals surface area contributed by atoms with Crippen molar-refractivity contribution in [3.8, 4) is 11.4 Å². The summed E-state index contributed by atoms with van der Waals surface area (Å²) in [5, 5.41) is 11.0. The number of aromatic amines is 1. The average molecular weight is 433 g/mol. The number of imidazole rings is 1. The summed E-state index contributed by atoms with van der Waals surface area (Å²) in [6.45, 7) is 6.86. The highest BCUT2D eigenvalue weighted by atomic mass is 19.4. The minimum Gasteiger partial charge on any atom is -0.338 e. The molecule has 10 heteroatoms. The molecule has 0 bridgehead atoms. The van der Waals surface area contributed by atoms with Gasteiger partial charge in [0.1, 0.15) is 5.82 Å². The van der Waals surface area contributed by atoms with Crippen molar-refractivity contribution < 1.29 is 18.1 Å². The van der Waals surface area contributed by atoms with Gasteiger partial charge in [0.25, 0.3) is 5.69 Å². The number of halogens is 3. The maximum atomic E-state index is 13.6. The fourth-order valence-corrected chi connectivity index (χ4v) is 3.85. The molecule has 0 amide bonds. The molecule has 0 radical (unpaired) electrons. The van der Waals surface area contributed by atoms with E-state index in [4.69, 9.17) is 0 Å². The first-order valence-corrected chi connectivity index (χ1v) is 10.0. The van der Waals surface area contributed by atoms with Crippen LogP contribution in [-0.2, 0) is 12.7 Å². The number of nitrogens with one attached hydrogen (secondary N) is 1. The molecule has 1 aromatic heterocycles. The van der Waals surface area contributed by atoms with Crippen LogP contribution >= 0.6 is 0 Å². The number of piperazine rings is 1. The molecule has 1 saturated heterocycles. The Hall–Kier alpha value is -2.98. The third kappa shape index (κ3) is 4.70. The largest absolute Gasteiger partial charge is 0.416 e. The molecule has 0 unspecified atom stereocenters. The highest BCUT2D eigenvalue weighted by molar-refractivity contribution is 5.81. The van der Waals surface area contributed by atoms with E-state index >= 15 is 0 Å². The van der Waals surface area contributed by atoms with Gasteiger partial charge in [0, 0.05) is 50.4 Å². The number of nitrogens with zero attached hydrogens (tertiary/aromatic N) is 4. The van der Waals surface area contributed by atoms with Crippen LogP contribution in [-0.4, -0.2) is 57.4 Å². The normalized spacial score (nSPS) is 16.1. The second kappa shape index (κ2) is 8.27. The summed E-state index contributed by atoms with van der Waals surface area (Å²) in [5.74, 6) is 0.249. The standard InChI is InChI=1S/C21H22F3N5O2/c1-2-27-5-7-28(8-6-27)13-14-9-15(11-16(10-14)21(22,23)24)20-25-18-4-3-17(29(30)31)12-19(18)26-20/h3-4,9-12H,2,5-8,13H2,1H3,(H,25,26). The maximum Gasteiger partial charge on any atom is 0.416 e. The van der Waals surface area contributed by atoms with Crippen LogP contribution in [0.1, 0.15) is 18.1 Å². The zero-order chi connectivity index (χ0) is 22.2. The monoisotopic (exact) mass is 433 g/mol. The van der Waals surface area contributed by atoms with E-state index in [1.54, 1.807) is 6.07 Å². The minimum absolute atomic E-state index is 0.124. The van der Waals surface area contributed by atoms with E-state index in [1.165, 1.54) is 24.3 Å². The molecular formula is C21H22F3N5O2. The number of H-pyrrole nitrogens is 1. The Morgan fingerprint density at radius 3 is 2.45 bits per heavy atom. The molecule has 0 atom stereocenters. The van der Waals surface area contributed by atoms with Crippen molar-refractivity contribution in [1.29, 1.82) is 0 Å². The van der Waals surface area contributed by atoms with Gasteiger partial charge in [0.15, 0.2) is 0 Å². The summed E-state index contributed by atoms with van der Waals surface area (Å²) in [7, 11) is 0. The van der Waals surface area contributed by atoms with Crippen LogP contribution in [0.5, 0.6) is 0 Å². The molecule has 0 saturated carbocycles. The Morgan fingerprint density at radius 1 is 1.10 bits per heavy atom. The van der Waals surface area contributed by atoms with Gasteiger partial charge >= 0.3 is 6.18 Å².